The Morgan fingerprint density at radius 3 is 2.80 bits per heavy atom. The predicted molar refractivity (Wildman–Crippen MR) is 78.1 cm³/mol. The lowest BCUT2D eigenvalue weighted by molar-refractivity contribution is 0.112. The molecule has 0 saturated carbocycles. The summed E-state index contributed by atoms with van der Waals surface area (Å²) in [5.41, 5.74) is 2.75. The number of ether oxygens (including phenoxy) is 1. The maximum atomic E-state index is 10.9. The predicted octanol–water partition coefficient (Wildman–Crippen LogP) is 2.40. The number of nitrogens with zero attached hydrogens (tertiary/aromatic N) is 2. The van der Waals surface area contributed by atoms with Gasteiger partial charge >= 0.3 is 0 Å². The monoisotopic (exact) mass is 268 g/mol. The molecule has 1 saturated heterocycles. The fraction of sp³-hybridized carbons (Fsp3) is 0.250. The van der Waals surface area contributed by atoms with Crippen molar-refractivity contribution >= 4 is 12.1 Å². The van der Waals surface area contributed by atoms with Crippen molar-refractivity contribution in [1.29, 1.82) is 0 Å². The van der Waals surface area contributed by atoms with Crippen LogP contribution in [0.1, 0.15) is 10.4 Å². The van der Waals surface area contributed by atoms with Crippen LogP contribution < -0.4 is 4.90 Å². The second-order valence-electron chi connectivity index (χ2n) is 4.72. The second-order valence-corrected chi connectivity index (χ2v) is 4.72. The highest BCUT2D eigenvalue weighted by molar-refractivity contribution is 5.82. The molecule has 4 nitrogen and oxygen atoms in total. The lowest BCUT2D eigenvalue weighted by atomic mass is 10.0. The molecule has 0 amide bonds. The lowest BCUT2D eigenvalue weighted by Gasteiger charge is -2.29. The molecule has 1 aliphatic heterocycles. The highest BCUT2D eigenvalue weighted by Crippen LogP contribution is 2.29. The SMILES string of the molecule is O=Cc1cccc(-c2cccnc2N2CCOCC2)c1. The first-order valence-electron chi connectivity index (χ1n) is 6.72. The third kappa shape index (κ3) is 2.56. The zero-order valence-electron chi connectivity index (χ0n) is 11.2. The highest BCUT2D eigenvalue weighted by atomic mass is 16.5. The molecule has 102 valence electrons. The molecule has 0 aliphatic carbocycles. The molecule has 2 heterocycles. The normalized spacial score (nSPS) is 15.1. The first kappa shape index (κ1) is 12.8. The number of carbonyl (C=O) groups excluding carboxylic acids is 1. The number of benzene rings is 1. The van der Waals surface area contributed by atoms with E-state index in [0.717, 1.165) is 49.5 Å². The van der Waals surface area contributed by atoms with Gasteiger partial charge in [0.15, 0.2) is 0 Å². The van der Waals surface area contributed by atoms with Crippen molar-refractivity contribution in [1.82, 2.24) is 4.98 Å². The van der Waals surface area contributed by atoms with Crippen LogP contribution in [0.15, 0.2) is 42.6 Å². The van der Waals surface area contributed by atoms with Gasteiger partial charge in [-0.1, -0.05) is 18.2 Å². The maximum absolute atomic E-state index is 10.9. The van der Waals surface area contributed by atoms with Crippen LogP contribution in [0.5, 0.6) is 0 Å². The third-order valence-corrected chi connectivity index (χ3v) is 3.43. The minimum absolute atomic E-state index is 0.680. The number of pyridine rings is 1. The molecular weight excluding hydrogens is 252 g/mol. The molecule has 0 N–H and O–H groups in total. The van der Waals surface area contributed by atoms with Gasteiger partial charge in [0.1, 0.15) is 12.1 Å². The van der Waals surface area contributed by atoms with Crippen LogP contribution in [0.2, 0.25) is 0 Å². The van der Waals surface area contributed by atoms with Gasteiger partial charge < -0.3 is 9.64 Å². The number of morpholine rings is 1. The van der Waals surface area contributed by atoms with Crippen molar-refractivity contribution in [3.63, 3.8) is 0 Å². The number of aromatic nitrogens is 1. The second kappa shape index (κ2) is 5.84. The molecule has 1 aromatic carbocycles. The van der Waals surface area contributed by atoms with Gasteiger partial charge in [0.25, 0.3) is 0 Å². The molecule has 1 fully saturated rings. The summed E-state index contributed by atoms with van der Waals surface area (Å²) in [5.74, 6) is 0.957. The summed E-state index contributed by atoms with van der Waals surface area (Å²) in [6.07, 6.45) is 2.67. The van der Waals surface area contributed by atoms with Crippen LogP contribution in [0.25, 0.3) is 11.1 Å². The highest BCUT2D eigenvalue weighted by Gasteiger charge is 2.16. The molecule has 1 aliphatic rings. The minimum atomic E-state index is 0.680. The van der Waals surface area contributed by atoms with Crippen molar-refractivity contribution in [2.45, 2.75) is 0 Å². The molecule has 2 aromatic rings. The summed E-state index contributed by atoms with van der Waals surface area (Å²) < 4.78 is 5.39. The third-order valence-electron chi connectivity index (χ3n) is 3.43. The number of hydrogen-bond acceptors (Lipinski definition) is 4. The maximum Gasteiger partial charge on any atom is 0.150 e. The van der Waals surface area contributed by atoms with E-state index in [1.54, 1.807) is 12.3 Å². The van der Waals surface area contributed by atoms with Crippen LogP contribution >= 0.6 is 0 Å². The van der Waals surface area contributed by atoms with E-state index in [2.05, 4.69) is 9.88 Å². The minimum Gasteiger partial charge on any atom is -0.378 e. The van der Waals surface area contributed by atoms with E-state index in [9.17, 15) is 4.79 Å². The van der Waals surface area contributed by atoms with Gasteiger partial charge in [-0.3, -0.25) is 4.79 Å². The van der Waals surface area contributed by atoms with Crippen LogP contribution in [0.3, 0.4) is 0 Å². The Hall–Kier alpha value is -2.20. The molecule has 0 radical (unpaired) electrons. The number of anilines is 1. The summed E-state index contributed by atoms with van der Waals surface area (Å²) in [6.45, 7) is 3.14. The van der Waals surface area contributed by atoms with Gasteiger partial charge in [-0.25, -0.2) is 4.98 Å². The topological polar surface area (TPSA) is 42.4 Å². The Labute approximate surface area is 118 Å². The average Bonchev–Trinajstić information content (AvgIpc) is 2.56. The number of hydrogen-bond donors (Lipinski definition) is 0. The van der Waals surface area contributed by atoms with E-state index in [-0.39, 0.29) is 0 Å². The quantitative estimate of drug-likeness (QED) is 0.802. The van der Waals surface area contributed by atoms with Crippen LogP contribution in [0, 0.1) is 0 Å². The summed E-state index contributed by atoms with van der Waals surface area (Å²) >= 11 is 0. The Bertz CT molecular complexity index is 607. The van der Waals surface area contributed by atoms with E-state index >= 15 is 0 Å². The molecule has 0 unspecified atom stereocenters. The molecule has 20 heavy (non-hydrogen) atoms. The Morgan fingerprint density at radius 1 is 1.15 bits per heavy atom. The van der Waals surface area contributed by atoms with Crippen molar-refractivity contribution in [2.75, 3.05) is 31.2 Å². The van der Waals surface area contributed by atoms with Gasteiger partial charge in [0.2, 0.25) is 0 Å². The number of carbonyl (C=O) groups is 1. The summed E-state index contributed by atoms with van der Waals surface area (Å²) in [6, 6.07) is 11.6. The fourth-order valence-electron chi connectivity index (χ4n) is 2.43. The molecule has 0 bridgehead atoms. The van der Waals surface area contributed by atoms with Gasteiger partial charge in [-0.15, -0.1) is 0 Å². The van der Waals surface area contributed by atoms with Crippen LogP contribution in [0.4, 0.5) is 5.82 Å². The van der Waals surface area contributed by atoms with E-state index in [1.165, 1.54) is 0 Å². The van der Waals surface area contributed by atoms with Crippen molar-refractivity contribution in [3.05, 3.63) is 48.2 Å². The molecule has 0 spiro atoms. The first-order chi connectivity index (χ1) is 9.88. The van der Waals surface area contributed by atoms with Crippen LogP contribution in [-0.4, -0.2) is 37.6 Å². The smallest absolute Gasteiger partial charge is 0.150 e. The Morgan fingerprint density at radius 2 is 2.00 bits per heavy atom. The molecular formula is C16H16N2O2. The number of rotatable bonds is 3. The standard InChI is InChI=1S/C16H16N2O2/c19-12-13-3-1-4-14(11-13)15-5-2-6-17-16(15)18-7-9-20-10-8-18/h1-6,11-12H,7-10H2. The zero-order chi connectivity index (χ0) is 13.8. The van der Waals surface area contributed by atoms with Crippen molar-refractivity contribution in [2.24, 2.45) is 0 Å². The van der Waals surface area contributed by atoms with E-state index < -0.39 is 0 Å². The number of aldehydes is 1. The van der Waals surface area contributed by atoms with Gasteiger partial charge in [0, 0.05) is 30.4 Å². The summed E-state index contributed by atoms with van der Waals surface area (Å²) in [7, 11) is 0. The average molecular weight is 268 g/mol. The van der Waals surface area contributed by atoms with Crippen molar-refractivity contribution < 1.29 is 9.53 Å². The first-order valence-corrected chi connectivity index (χ1v) is 6.72. The summed E-state index contributed by atoms with van der Waals surface area (Å²) in [4.78, 5) is 17.7. The lowest BCUT2D eigenvalue weighted by Crippen LogP contribution is -2.37. The van der Waals surface area contributed by atoms with Gasteiger partial charge in [0.05, 0.1) is 13.2 Å². The Balaban J connectivity index is 2.02. The molecule has 3 rings (SSSR count). The zero-order valence-corrected chi connectivity index (χ0v) is 11.2. The molecule has 0 atom stereocenters. The van der Waals surface area contributed by atoms with Crippen molar-refractivity contribution in [3.8, 4) is 11.1 Å². The summed E-state index contributed by atoms with van der Waals surface area (Å²) in [5, 5.41) is 0. The van der Waals surface area contributed by atoms with E-state index in [0.29, 0.717) is 5.56 Å². The van der Waals surface area contributed by atoms with Gasteiger partial charge in [-0.05, 0) is 23.8 Å². The van der Waals surface area contributed by atoms with E-state index in [4.69, 9.17) is 4.74 Å². The fourth-order valence-corrected chi connectivity index (χ4v) is 2.43. The molecule has 4 heteroatoms. The largest absolute Gasteiger partial charge is 0.378 e. The Kier molecular flexibility index (Phi) is 3.74. The van der Waals surface area contributed by atoms with Gasteiger partial charge in [-0.2, -0.15) is 0 Å². The van der Waals surface area contributed by atoms with E-state index in [1.807, 2.05) is 30.3 Å². The molecule has 1 aromatic heterocycles. The van der Waals surface area contributed by atoms with Crippen LogP contribution in [-0.2, 0) is 4.74 Å².